The number of alkyl halides is 2. The third-order valence-electron chi connectivity index (χ3n) is 5.17. The standard InChI is InChI=1S/C21H26F2N6O4S/c1-32-17(30)3-2-5-27-21(31)33-12-13-9-16-14(15(24)4-6-26-20(22)23)10-28-18(29(16)11-13)19-25-7-8-34-19/h4,6-8,13,20,24,26H,2-3,5,9-12H2,1H3,(H,27,31)/b6-4-,24-15?. The molecule has 10 nitrogen and oxygen atoms in total. The third kappa shape index (κ3) is 6.83. The molecule has 0 bridgehead atoms. The molecule has 3 heterocycles. The molecule has 1 atom stereocenters. The predicted octanol–water partition coefficient (Wildman–Crippen LogP) is 2.50. The van der Waals surface area contributed by atoms with Crippen molar-refractivity contribution in [1.82, 2.24) is 20.5 Å². The van der Waals surface area contributed by atoms with Crippen molar-refractivity contribution < 1.29 is 27.8 Å². The van der Waals surface area contributed by atoms with Crippen molar-refractivity contribution in [2.75, 3.05) is 33.4 Å². The predicted molar refractivity (Wildman–Crippen MR) is 122 cm³/mol. The molecule has 2 aliphatic heterocycles. The van der Waals surface area contributed by atoms with Gasteiger partial charge in [0.2, 0.25) is 0 Å². The molecular formula is C21H26F2N6O4S. The van der Waals surface area contributed by atoms with Gasteiger partial charge in [-0.25, -0.2) is 9.78 Å². The molecule has 1 aromatic rings. The monoisotopic (exact) mass is 496 g/mol. The summed E-state index contributed by atoms with van der Waals surface area (Å²) in [5.41, 5.74) is 1.56. The Labute approximate surface area is 199 Å². The minimum absolute atomic E-state index is 0.0509. The summed E-state index contributed by atoms with van der Waals surface area (Å²) in [6, 6.07) is 0. The van der Waals surface area contributed by atoms with Gasteiger partial charge >= 0.3 is 18.6 Å². The van der Waals surface area contributed by atoms with Gasteiger partial charge in [-0.15, -0.1) is 11.3 Å². The van der Waals surface area contributed by atoms with Crippen molar-refractivity contribution in [3.05, 3.63) is 40.1 Å². The van der Waals surface area contributed by atoms with E-state index >= 15 is 0 Å². The second kappa shape index (κ2) is 12.2. The number of aliphatic imine (C=N–C) groups is 1. The van der Waals surface area contributed by atoms with Crippen molar-refractivity contribution in [2.24, 2.45) is 10.9 Å². The highest BCUT2D eigenvalue weighted by molar-refractivity contribution is 7.11. The van der Waals surface area contributed by atoms with Crippen molar-refractivity contribution in [2.45, 2.75) is 25.8 Å². The summed E-state index contributed by atoms with van der Waals surface area (Å²) in [5, 5.41) is 15.4. The summed E-state index contributed by atoms with van der Waals surface area (Å²) in [6.45, 7) is -1.53. The minimum atomic E-state index is -2.71. The number of allylic oxidation sites excluding steroid dienone is 2. The minimum Gasteiger partial charge on any atom is -0.469 e. The van der Waals surface area contributed by atoms with Crippen LogP contribution >= 0.6 is 11.3 Å². The number of amidine groups is 1. The lowest BCUT2D eigenvalue weighted by Gasteiger charge is -2.27. The van der Waals surface area contributed by atoms with Crippen LogP contribution in [-0.4, -0.2) is 73.4 Å². The van der Waals surface area contributed by atoms with E-state index in [1.807, 2.05) is 15.6 Å². The Morgan fingerprint density at radius 3 is 2.97 bits per heavy atom. The Hall–Kier alpha value is -3.35. The van der Waals surface area contributed by atoms with Gasteiger partial charge in [0.15, 0.2) is 10.8 Å². The molecule has 0 saturated carbocycles. The first-order valence-electron chi connectivity index (χ1n) is 10.6. The molecule has 1 unspecified atom stereocenters. The number of nitrogens with zero attached hydrogens (tertiary/aromatic N) is 3. The number of methoxy groups -OCH3 is 1. The molecule has 3 rings (SSSR count). The van der Waals surface area contributed by atoms with Gasteiger partial charge < -0.3 is 30.4 Å². The number of esters is 1. The Bertz CT molecular complexity index is 980. The highest BCUT2D eigenvalue weighted by atomic mass is 32.1. The molecule has 1 fully saturated rings. The van der Waals surface area contributed by atoms with E-state index in [-0.39, 0.29) is 43.7 Å². The fourth-order valence-electron chi connectivity index (χ4n) is 3.59. The molecule has 1 amide bonds. The third-order valence-corrected chi connectivity index (χ3v) is 5.93. The number of aromatic nitrogens is 1. The number of halogens is 2. The van der Waals surface area contributed by atoms with Gasteiger partial charge in [0, 0.05) is 54.5 Å². The molecule has 34 heavy (non-hydrogen) atoms. The highest BCUT2D eigenvalue weighted by Gasteiger charge is 2.36. The van der Waals surface area contributed by atoms with E-state index < -0.39 is 12.6 Å². The number of carbonyl (C=O) groups excluding carboxylic acids is 2. The van der Waals surface area contributed by atoms with Crippen LogP contribution in [0.15, 0.2) is 40.1 Å². The number of carbonyl (C=O) groups is 2. The number of hydrogen-bond donors (Lipinski definition) is 3. The fourth-order valence-corrected chi connectivity index (χ4v) is 4.24. The zero-order valence-electron chi connectivity index (χ0n) is 18.6. The van der Waals surface area contributed by atoms with Crippen LogP contribution in [-0.2, 0) is 14.3 Å². The largest absolute Gasteiger partial charge is 0.469 e. The van der Waals surface area contributed by atoms with Crippen molar-refractivity contribution in [3.63, 3.8) is 0 Å². The average molecular weight is 497 g/mol. The molecule has 0 aliphatic carbocycles. The zero-order valence-corrected chi connectivity index (χ0v) is 19.4. The summed E-state index contributed by atoms with van der Waals surface area (Å²) in [5.74, 6) is 0.293. The lowest BCUT2D eigenvalue weighted by atomic mass is 10.0. The smallest absolute Gasteiger partial charge is 0.407 e. The molecule has 13 heteroatoms. The maximum Gasteiger partial charge on any atom is 0.407 e. The maximum absolute atomic E-state index is 12.4. The number of hydrogen-bond acceptors (Lipinski definition) is 10. The van der Waals surface area contributed by atoms with Crippen LogP contribution in [0, 0.1) is 11.3 Å². The number of nitrogens with one attached hydrogen (secondary N) is 3. The second-order valence-corrected chi connectivity index (χ2v) is 8.40. The van der Waals surface area contributed by atoms with Crippen molar-refractivity contribution in [1.29, 1.82) is 5.41 Å². The van der Waals surface area contributed by atoms with Gasteiger partial charge in [-0.2, -0.15) is 8.78 Å². The maximum atomic E-state index is 12.4. The SMILES string of the molecule is COC(=O)CCCNC(=O)OCC1CC2=C(C(=N)/C=C\NC(F)F)CN=C(c3nccs3)N2C1. The molecule has 0 aromatic carbocycles. The van der Waals surface area contributed by atoms with E-state index in [1.54, 1.807) is 6.20 Å². The lowest BCUT2D eigenvalue weighted by molar-refractivity contribution is -0.140. The van der Waals surface area contributed by atoms with Gasteiger partial charge in [0.1, 0.15) is 0 Å². The zero-order chi connectivity index (χ0) is 24.5. The van der Waals surface area contributed by atoms with E-state index in [0.717, 1.165) is 16.9 Å². The number of fused-ring (bicyclic) bond motifs is 1. The normalized spacial score (nSPS) is 17.6. The van der Waals surface area contributed by atoms with Crippen LogP contribution in [0.5, 0.6) is 0 Å². The van der Waals surface area contributed by atoms with Gasteiger partial charge in [0.05, 0.1) is 26.0 Å². The average Bonchev–Trinajstić information content (AvgIpc) is 3.49. The van der Waals surface area contributed by atoms with Gasteiger partial charge in [-0.1, -0.05) is 0 Å². The number of rotatable bonds is 11. The molecular weight excluding hydrogens is 470 g/mol. The molecule has 1 aromatic heterocycles. The van der Waals surface area contributed by atoms with E-state index in [9.17, 15) is 18.4 Å². The van der Waals surface area contributed by atoms with Crippen LogP contribution < -0.4 is 10.6 Å². The topological polar surface area (TPSA) is 129 Å². The highest BCUT2D eigenvalue weighted by Crippen LogP contribution is 2.34. The van der Waals surface area contributed by atoms with Crippen molar-refractivity contribution in [3.8, 4) is 0 Å². The van der Waals surface area contributed by atoms with E-state index in [4.69, 9.17) is 10.1 Å². The van der Waals surface area contributed by atoms with Crippen LogP contribution in [0.3, 0.4) is 0 Å². The van der Waals surface area contributed by atoms with Crippen LogP contribution in [0.1, 0.15) is 24.3 Å². The summed E-state index contributed by atoms with van der Waals surface area (Å²) in [4.78, 5) is 34.0. The summed E-state index contributed by atoms with van der Waals surface area (Å²) < 4.78 is 34.6. The van der Waals surface area contributed by atoms with E-state index in [1.165, 1.54) is 24.5 Å². The molecule has 1 saturated heterocycles. The first kappa shape index (κ1) is 25.3. The lowest BCUT2D eigenvalue weighted by Crippen LogP contribution is -2.34. The van der Waals surface area contributed by atoms with Crippen LogP contribution in [0.4, 0.5) is 13.6 Å². The number of thiazole rings is 1. The Kier molecular flexibility index (Phi) is 9.08. The Morgan fingerprint density at radius 1 is 1.44 bits per heavy atom. The first-order valence-corrected chi connectivity index (χ1v) is 11.5. The van der Waals surface area contributed by atoms with Gasteiger partial charge in [-0.05, 0) is 18.9 Å². The summed E-state index contributed by atoms with van der Waals surface area (Å²) in [6.07, 6.45) is 4.62. The van der Waals surface area contributed by atoms with E-state index in [0.29, 0.717) is 30.8 Å². The number of alkyl carbamates (subject to hydrolysis) is 1. The summed E-state index contributed by atoms with van der Waals surface area (Å²) >= 11 is 1.44. The van der Waals surface area contributed by atoms with Crippen molar-refractivity contribution >= 4 is 34.9 Å². The van der Waals surface area contributed by atoms with Gasteiger partial charge in [-0.3, -0.25) is 9.79 Å². The van der Waals surface area contributed by atoms with Gasteiger partial charge in [0.25, 0.3) is 0 Å². The first-order chi connectivity index (χ1) is 16.4. The van der Waals surface area contributed by atoms with Crippen LogP contribution in [0.2, 0.25) is 0 Å². The second-order valence-electron chi connectivity index (χ2n) is 7.50. The molecule has 0 spiro atoms. The number of amides is 1. The van der Waals surface area contributed by atoms with E-state index in [2.05, 4.69) is 20.0 Å². The molecule has 184 valence electrons. The summed E-state index contributed by atoms with van der Waals surface area (Å²) in [7, 11) is 1.31. The quantitative estimate of drug-likeness (QED) is 0.186. The van der Waals surface area contributed by atoms with Crippen LogP contribution in [0.25, 0.3) is 0 Å². The molecule has 0 radical (unpaired) electrons. The Morgan fingerprint density at radius 2 is 2.26 bits per heavy atom. The molecule has 2 aliphatic rings. The fraction of sp³-hybridized carbons (Fsp3) is 0.476. The number of ether oxygens (including phenoxy) is 2. The molecule has 3 N–H and O–H groups in total. The Balaban J connectivity index is 1.62.